The number of aryl methyl sites for hydroxylation is 1. The van der Waals surface area contributed by atoms with Crippen LogP contribution in [0.4, 0.5) is 18.9 Å². The lowest BCUT2D eigenvalue weighted by atomic mass is 10.1. The van der Waals surface area contributed by atoms with Gasteiger partial charge in [0, 0.05) is 5.56 Å². The van der Waals surface area contributed by atoms with Crippen LogP contribution in [0.15, 0.2) is 12.1 Å². The van der Waals surface area contributed by atoms with Gasteiger partial charge in [0.15, 0.2) is 23.1 Å². The van der Waals surface area contributed by atoms with E-state index >= 15 is 0 Å². The zero-order valence-corrected chi connectivity index (χ0v) is 10.6. The Labute approximate surface area is 115 Å². The molecule has 0 aliphatic carbocycles. The number of hydrogen-bond acceptors (Lipinski definition) is 4. The van der Waals surface area contributed by atoms with E-state index in [1.54, 1.807) is 0 Å². The molecule has 0 aliphatic rings. The van der Waals surface area contributed by atoms with Crippen molar-refractivity contribution in [1.29, 1.82) is 0 Å². The van der Waals surface area contributed by atoms with E-state index in [4.69, 9.17) is 11.6 Å². The Morgan fingerprint density at radius 3 is 2.25 bits per heavy atom. The van der Waals surface area contributed by atoms with Gasteiger partial charge < -0.3 is 0 Å². The zero-order chi connectivity index (χ0) is 15.0. The van der Waals surface area contributed by atoms with Gasteiger partial charge in [-0.3, -0.25) is 10.1 Å². The van der Waals surface area contributed by atoms with Gasteiger partial charge in [-0.05, 0) is 30.7 Å². The van der Waals surface area contributed by atoms with Crippen LogP contribution in [-0.4, -0.2) is 14.9 Å². The quantitative estimate of drug-likeness (QED) is 0.369. The highest BCUT2D eigenvalue weighted by Gasteiger charge is 2.24. The first-order chi connectivity index (χ1) is 9.31. The molecule has 0 aliphatic heterocycles. The third-order valence-electron chi connectivity index (χ3n) is 2.47. The summed E-state index contributed by atoms with van der Waals surface area (Å²) in [5.74, 6) is -4.64. The highest BCUT2D eigenvalue weighted by molar-refractivity contribution is 6.28. The molecule has 0 atom stereocenters. The number of rotatable bonds is 2. The molecule has 1 aromatic carbocycles. The minimum absolute atomic E-state index is 0.0739. The number of benzene rings is 1. The molecule has 0 spiro atoms. The van der Waals surface area contributed by atoms with E-state index in [1.807, 2.05) is 0 Å². The van der Waals surface area contributed by atoms with E-state index in [9.17, 15) is 23.3 Å². The number of halogens is 4. The standard InChI is InChI=1S/C11H5ClF3N3O2/c1-4-10(18(19)20)9(17-11(12)16-4)5-2-6(13)8(15)7(14)3-5/h2-3H,1H3. The predicted octanol–water partition coefficient (Wildman–Crippen LogP) is 3.43. The normalized spacial score (nSPS) is 10.7. The minimum Gasteiger partial charge on any atom is -0.258 e. The van der Waals surface area contributed by atoms with Crippen LogP contribution >= 0.6 is 11.6 Å². The second kappa shape index (κ2) is 5.04. The zero-order valence-electron chi connectivity index (χ0n) is 9.82. The highest BCUT2D eigenvalue weighted by Crippen LogP contribution is 2.32. The van der Waals surface area contributed by atoms with Gasteiger partial charge in [0.25, 0.3) is 0 Å². The molecule has 104 valence electrons. The van der Waals surface area contributed by atoms with Crippen LogP contribution in [0.2, 0.25) is 5.28 Å². The molecule has 2 rings (SSSR count). The second-order valence-electron chi connectivity index (χ2n) is 3.79. The van der Waals surface area contributed by atoms with Crippen LogP contribution in [0.25, 0.3) is 11.3 Å². The van der Waals surface area contributed by atoms with Crippen molar-refractivity contribution >= 4 is 17.3 Å². The smallest absolute Gasteiger partial charge is 0.258 e. The van der Waals surface area contributed by atoms with Crippen molar-refractivity contribution in [3.63, 3.8) is 0 Å². The van der Waals surface area contributed by atoms with Crippen LogP contribution < -0.4 is 0 Å². The molecule has 1 heterocycles. The molecular weight excluding hydrogens is 299 g/mol. The maximum Gasteiger partial charge on any atom is 0.316 e. The van der Waals surface area contributed by atoms with E-state index < -0.39 is 28.1 Å². The van der Waals surface area contributed by atoms with Crippen LogP contribution in [-0.2, 0) is 0 Å². The molecule has 20 heavy (non-hydrogen) atoms. The van der Waals surface area contributed by atoms with Gasteiger partial charge in [-0.25, -0.2) is 23.1 Å². The first kappa shape index (κ1) is 14.2. The number of nitrogens with zero attached hydrogens (tertiary/aromatic N) is 3. The summed E-state index contributed by atoms with van der Waals surface area (Å²) in [6, 6.07) is 1.20. The Morgan fingerprint density at radius 1 is 1.20 bits per heavy atom. The molecule has 0 unspecified atom stereocenters. The Balaban J connectivity index is 2.78. The lowest BCUT2D eigenvalue weighted by Gasteiger charge is -2.06. The SMILES string of the molecule is Cc1nc(Cl)nc(-c2cc(F)c(F)c(F)c2)c1[N+](=O)[O-]. The van der Waals surface area contributed by atoms with E-state index in [-0.39, 0.29) is 22.2 Å². The molecule has 0 saturated heterocycles. The van der Waals surface area contributed by atoms with E-state index in [1.165, 1.54) is 6.92 Å². The molecule has 5 nitrogen and oxygen atoms in total. The summed E-state index contributed by atoms with van der Waals surface area (Å²) in [6.07, 6.45) is 0. The fraction of sp³-hybridized carbons (Fsp3) is 0.0909. The molecule has 2 aromatic rings. The molecule has 9 heteroatoms. The predicted molar refractivity (Wildman–Crippen MR) is 63.7 cm³/mol. The summed E-state index contributed by atoms with van der Waals surface area (Å²) in [6.45, 7) is 1.30. The Kier molecular flexibility index (Phi) is 3.58. The number of hydrogen-bond donors (Lipinski definition) is 0. The van der Waals surface area contributed by atoms with E-state index in [0.29, 0.717) is 12.1 Å². The van der Waals surface area contributed by atoms with Crippen molar-refractivity contribution in [2.24, 2.45) is 0 Å². The summed E-state index contributed by atoms with van der Waals surface area (Å²) in [7, 11) is 0. The lowest BCUT2D eigenvalue weighted by molar-refractivity contribution is -0.385. The number of nitro groups is 1. The Morgan fingerprint density at radius 2 is 1.75 bits per heavy atom. The highest BCUT2D eigenvalue weighted by atomic mass is 35.5. The monoisotopic (exact) mass is 303 g/mol. The minimum atomic E-state index is -1.67. The number of aromatic nitrogens is 2. The maximum atomic E-state index is 13.2. The topological polar surface area (TPSA) is 68.9 Å². The van der Waals surface area contributed by atoms with Crippen LogP contribution in [0.3, 0.4) is 0 Å². The molecule has 0 N–H and O–H groups in total. The summed E-state index contributed by atoms with van der Waals surface area (Å²) in [4.78, 5) is 17.4. The van der Waals surface area contributed by atoms with Gasteiger partial charge in [0.2, 0.25) is 5.28 Å². The fourth-order valence-electron chi connectivity index (χ4n) is 1.64. The Hall–Kier alpha value is -2.22. The molecule has 1 aromatic heterocycles. The molecule has 0 bridgehead atoms. The van der Waals surface area contributed by atoms with Crippen molar-refractivity contribution < 1.29 is 18.1 Å². The van der Waals surface area contributed by atoms with Gasteiger partial charge in [-0.1, -0.05) is 0 Å². The van der Waals surface area contributed by atoms with Gasteiger partial charge >= 0.3 is 5.69 Å². The van der Waals surface area contributed by atoms with Crippen molar-refractivity contribution in [2.75, 3.05) is 0 Å². The van der Waals surface area contributed by atoms with Crippen LogP contribution in [0.5, 0.6) is 0 Å². The van der Waals surface area contributed by atoms with Crippen LogP contribution in [0, 0.1) is 34.5 Å². The summed E-state index contributed by atoms with van der Waals surface area (Å²) in [5, 5.41) is 10.7. The van der Waals surface area contributed by atoms with Crippen molar-refractivity contribution in [3.8, 4) is 11.3 Å². The average Bonchev–Trinajstić information content (AvgIpc) is 2.33. The molecule has 0 radical (unpaired) electrons. The van der Waals surface area contributed by atoms with Crippen LogP contribution in [0.1, 0.15) is 5.69 Å². The van der Waals surface area contributed by atoms with Gasteiger partial charge in [-0.15, -0.1) is 0 Å². The van der Waals surface area contributed by atoms with Crippen molar-refractivity contribution in [1.82, 2.24) is 9.97 Å². The molecule has 0 amide bonds. The summed E-state index contributed by atoms with van der Waals surface area (Å²) >= 11 is 5.58. The summed E-state index contributed by atoms with van der Waals surface area (Å²) in [5.41, 5.74) is -1.32. The fourth-order valence-corrected chi connectivity index (χ4v) is 1.86. The van der Waals surface area contributed by atoms with Crippen molar-refractivity contribution in [3.05, 3.63) is 50.7 Å². The second-order valence-corrected chi connectivity index (χ2v) is 4.12. The summed E-state index contributed by atoms with van der Waals surface area (Å²) < 4.78 is 39.3. The Bertz CT molecular complexity index is 701. The first-order valence-electron chi connectivity index (χ1n) is 5.14. The van der Waals surface area contributed by atoms with Gasteiger partial charge in [0.1, 0.15) is 5.69 Å². The largest absolute Gasteiger partial charge is 0.316 e. The third kappa shape index (κ3) is 2.42. The van der Waals surface area contributed by atoms with Crippen molar-refractivity contribution in [2.45, 2.75) is 6.92 Å². The third-order valence-corrected chi connectivity index (χ3v) is 2.64. The molecule has 0 saturated carbocycles. The molecule has 0 fully saturated rings. The first-order valence-corrected chi connectivity index (χ1v) is 5.52. The van der Waals surface area contributed by atoms with E-state index in [0.717, 1.165) is 0 Å². The van der Waals surface area contributed by atoms with E-state index in [2.05, 4.69) is 9.97 Å². The molecular formula is C11H5ClF3N3O2. The average molecular weight is 304 g/mol. The maximum absolute atomic E-state index is 13.2. The van der Waals surface area contributed by atoms with Gasteiger partial charge in [0.05, 0.1) is 4.92 Å². The lowest BCUT2D eigenvalue weighted by Crippen LogP contribution is -2.02. The van der Waals surface area contributed by atoms with Gasteiger partial charge in [-0.2, -0.15) is 0 Å².